The molecule has 2 rings (SSSR count). The van der Waals surface area contributed by atoms with E-state index < -0.39 is 0 Å². The molecule has 1 aromatic carbocycles. The van der Waals surface area contributed by atoms with Crippen LogP contribution in [-0.2, 0) is 4.79 Å². The van der Waals surface area contributed by atoms with Crippen LogP contribution in [0.3, 0.4) is 0 Å². The van der Waals surface area contributed by atoms with Crippen molar-refractivity contribution in [1.82, 2.24) is 10.6 Å². The summed E-state index contributed by atoms with van der Waals surface area (Å²) < 4.78 is 5.57. The maximum Gasteiger partial charge on any atom is 0.220 e. The van der Waals surface area contributed by atoms with E-state index in [0.29, 0.717) is 36.1 Å². The number of carbonyl (C=O) groups is 1. The Bertz CT molecular complexity index is 471. The van der Waals surface area contributed by atoms with Gasteiger partial charge in [0.1, 0.15) is 5.75 Å². The third kappa shape index (κ3) is 6.03. The smallest absolute Gasteiger partial charge is 0.220 e. The highest BCUT2D eigenvalue weighted by Gasteiger charge is 2.22. The lowest BCUT2D eigenvalue weighted by Gasteiger charge is -2.30. The van der Waals surface area contributed by atoms with Gasteiger partial charge in [-0.3, -0.25) is 4.79 Å². The van der Waals surface area contributed by atoms with Crippen LogP contribution in [0.15, 0.2) is 24.3 Å². The minimum Gasteiger partial charge on any atom is -0.492 e. The van der Waals surface area contributed by atoms with Gasteiger partial charge in [-0.15, -0.1) is 12.4 Å². The van der Waals surface area contributed by atoms with E-state index in [-0.39, 0.29) is 24.4 Å². The Balaban J connectivity index is 0.00000242. The fourth-order valence-electron chi connectivity index (χ4n) is 2.44. The van der Waals surface area contributed by atoms with E-state index in [0.717, 1.165) is 19.5 Å². The summed E-state index contributed by atoms with van der Waals surface area (Å²) in [4.78, 5) is 11.9. The van der Waals surface area contributed by atoms with Crippen LogP contribution in [0.4, 0.5) is 0 Å². The van der Waals surface area contributed by atoms with Crippen molar-refractivity contribution in [2.24, 2.45) is 5.92 Å². The molecule has 0 bridgehead atoms. The van der Waals surface area contributed by atoms with Crippen LogP contribution in [0.1, 0.15) is 26.2 Å². The SMILES string of the molecule is CC1CCNCC1NC(=O)CCCOc1ccccc1Cl.Cl. The predicted molar refractivity (Wildman–Crippen MR) is 92.0 cm³/mol. The number of hydrogen-bond acceptors (Lipinski definition) is 3. The summed E-state index contributed by atoms with van der Waals surface area (Å²) in [5, 5.41) is 7.01. The van der Waals surface area contributed by atoms with Crippen LogP contribution >= 0.6 is 24.0 Å². The van der Waals surface area contributed by atoms with Gasteiger partial charge < -0.3 is 15.4 Å². The summed E-state index contributed by atoms with van der Waals surface area (Å²) in [5.41, 5.74) is 0. The van der Waals surface area contributed by atoms with E-state index in [1.54, 1.807) is 6.07 Å². The molecule has 22 heavy (non-hydrogen) atoms. The number of piperidine rings is 1. The molecule has 6 heteroatoms. The Kier molecular flexibility index (Phi) is 8.61. The quantitative estimate of drug-likeness (QED) is 0.778. The molecule has 1 amide bonds. The third-order valence-corrected chi connectivity index (χ3v) is 4.13. The van der Waals surface area contributed by atoms with E-state index >= 15 is 0 Å². The molecule has 1 aromatic rings. The number of benzene rings is 1. The molecule has 1 aliphatic rings. The summed E-state index contributed by atoms with van der Waals surface area (Å²) in [6.07, 6.45) is 2.28. The van der Waals surface area contributed by atoms with Crippen LogP contribution in [-0.4, -0.2) is 31.6 Å². The van der Waals surface area contributed by atoms with Crippen molar-refractivity contribution in [3.8, 4) is 5.75 Å². The van der Waals surface area contributed by atoms with Crippen LogP contribution < -0.4 is 15.4 Å². The highest BCUT2D eigenvalue weighted by Crippen LogP contribution is 2.23. The second-order valence-corrected chi connectivity index (χ2v) is 5.93. The number of amides is 1. The Hall–Kier alpha value is -0.970. The molecule has 0 aliphatic carbocycles. The van der Waals surface area contributed by atoms with Gasteiger partial charge in [0.05, 0.1) is 11.6 Å². The number of rotatable bonds is 6. The molecule has 1 aliphatic heterocycles. The maximum atomic E-state index is 11.9. The monoisotopic (exact) mass is 346 g/mol. The van der Waals surface area contributed by atoms with Gasteiger partial charge in [-0.2, -0.15) is 0 Å². The molecule has 0 aromatic heterocycles. The lowest BCUT2D eigenvalue weighted by Crippen LogP contribution is -2.50. The fraction of sp³-hybridized carbons (Fsp3) is 0.562. The van der Waals surface area contributed by atoms with Crippen molar-refractivity contribution in [1.29, 1.82) is 0 Å². The van der Waals surface area contributed by atoms with Crippen molar-refractivity contribution in [3.05, 3.63) is 29.3 Å². The normalized spacial score (nSPS) is 20.8. The second kappa shape index (κ2) is 9.93. The Morgan fingerprint density at radius 1 is 1.45 bits per heavy atom. The highest BCUT2D eigenvalue weighted by molar-refractivity contribution is 6.32. The second-order valence-electron chi connectivity index (χ2n) is 5.53. The average molecular weight is 347 g/mol. The van der Waals surface area contributed by atoms with Crippen molar-refractivity contribution in [2.75, 3.05) is 19.7 Å². The third-order valence-electron chi connectivity index (χ3n) is 3.82. The van der Waals surface area contributed by atoms with Gasteiger partial charge in [0.15, 0.2) is 0 Å². The Morgan fingerprint density at radius 3 is 2.95 bits per heavy atom. The molecule has 0 saturated carbocycles. The molecule has 0 radical (unpaired) electrons. The molecule has 2 atom stereocenters. The first kappa shape index (κ1) is 19.1. The summed E-state index contributed by atoms with van der Waals surface area (Å²) >= 11 is 6.00. The molecule has 1 heterocycles. The van der Waals surface area contributed by atoms with Crippen LogP contribution in [0.25, 0.3) is 0 Å². The number of carbonyl (C=O) groups excluding carboxylic acids is 1. The first-order valence-electron chi connectivity index (χ1n) is 7.54. The summed E-state index contributed by atoms with van der Waals surface area (Å²) in [6, 6.07) is 7.61. The minimum absolute atomic E-state index is 0. The number of hydrogen-bond donors (Lipinski definition) is 2. The number of halogens is 2. The number of ether oxygens (including phenoxy) is 1. The molecule has 1 fully saturated rings. The minimum atomic E-state index is 0. The van der Waals surface area contributed by atoms with Crippen molar-refractivity contribution < 1.29 is 9.53 Å². The molecule has 124 valence electrons. The van der Waals surface area contributed by atoms with Crippen molar-refractivity contribution >= 4 is 29.9 Å². The van der Waals surface area contributed by atoms with Crippen molar-refractivity contribution in [3.63, 3.8) is 0 Å². The summed E-state index contributed by atoms with van der Waals surface area (Å²) in [6.45, 7) is 4.59. The summed E-state index contributed by atoms with van der Waals surface area (Å²) in [5.74, 6) is 1.30. The fourth-order valence-corrected chi connectivity index (χ4v) is 2.63. The first-order valence-corrected chi connectivity index (χ1v) is 7.92. The van der Waals surface area contributed by atoms with Crippen LogP contribution in [0.2, 0.25) is 5.02 Å². The topological polar surface area (TPSA) is 50.4 Å². The van der Waals surface area contributed by atoms with Gasteiger partial charge in [0.25, 0.3) is 0 Å². The lowest BCUT2D eigenvalue weighted by atomic mass is 9.95. The van der Waals surface area contributed by atoms with Gasteiger partial charge in [-0.1, -0.05) is 30.7 Å². The van der Waals surface area contributed by atoms with E-state index in [9.17, 15) is 4.79 Å². The van der Waals surface area contributed by atoms with E-state index in [1.165, 1.54) is 0 Å². The molecule has 2 unspecified atom stereocenters. The molecule has 4 nitrogen and oxygen atoms in total. The first-order chi connectivity index (χ1) is 10.2. The van der Waals surface area contributed by atoms with Gasteiger partial charge in [-0.25, -0.2) is 0 Å². The van der Waals surface area contributed by atoms with E-state index in [4.69, 9.17) is 16.3 Å². The van der Waals surface area contributed by atoms with Crippen LogP contribution in [0.5, 0.6) is 5.75 Å². The van der Waals surface area contributed by atoms with Crippen LogP contribution in [0, 0.1) is 5.92 Å². The van der Waals surface area contributed by atoms with E-state index in [2.05, 4.69) is 17.6 Å². The van der Waals surface area contributed by atoms with Gasteiger partial charge in [0, 0.05) is 19.0 Å². The molecular weight excluding hydrogens is 323 g/mol. The zero-order valence-electron chi connectivity index (χ0n) is 12.8. The van der Waals surface area contributed by atoms with Crippen molar-refractivity contribution in [2.45, 2.75) is 32.2 Å². The molecular formula is C16H24Cl2N2O2. The van der Waals surface area contributed by atoms with Gasteiger partial charge >= 0.3 is 0 Å². The lowest BCUT2D eigenvalue weighted by molar-refractivity contribution is -0.122. The van der Waals surface area contributed by atoms with E-state index in [1.807, 2.05) is 18.2 Å². The summed E-state index contributed by atoms with van der Waals surface area (Å²) in [7, 11) is 0. The average Bonchev–Trinajstić information content (AvgIpc) is 2.48. The Labute approximate surface area is 143 Å². The Morgan fingerprint density at radius 2 is 2.23 bits per heavy atom. The van der Waals surface area contributed by atoms with Gasteiger partial charge in [-0.05, 0) is 37.4 Å². The molecule has 1 saturated heterocycles. The largest absolute Gasteiger partial charge is 0.492 e. The number of para-hydroxylation sites is 1. The highest BCUT2D eigenvalue weighted by atomic mass is 35.5. The molecule has 2 N–H and O–H groups in total. The molecule has 0 spiro atoms. The predicted octanol–water partition coefficient (Wildman–Crippen LogP) is 3.04. The standard InChI is InChI=1S/C16H23ClN2O2.ClH/c1-12-8-9-18-11-14(12)19-16(20)7-4-10-21-15-6-3-2-5-13(15)17;/h2-3,5-6,12,14,18H,4,7-11H2,1H3,(H,19,20);1H. The zero-order valence-corrected chi connectivity index (χ0v) is 14.4. The maximum absolute atomic E-state index is 11.9. The van der Waals surface area contributed by atoms with Gasteiger partial charge in [0.2, 0.25) is 5.91 Å². The number of nitrogens with one attached hydrogen (secondary N) is 2. The zero-order chi connectivity index (χ0) is 15.1.